The van der Waals surface area contributed by atoms with Gasteiger partial charge < -0.3 is 14.8 Å². The standard InChI is InChI=1S/C21H20ClFN2O3S/c1-3-25-20(26)17(24-21(25)29)10-13-9-15(22)19(18(11-13)27-4-2)28-12-14-7-5-6-8-16(14)23/h5-11H,3-4,12H2,1-2H3,(H,24,29)/b17-10+. The number of benzene rings is 2. The second-order valence-corrected chi connectivity index (χ2v) is 6.97. The molecule has 1 heterocycles. The minimum atomic E-state index is -0.356. The topological polar surface area (TPSA) is 50.8 Å². The van der Waals surface area contributed by atoms with E-state index in [1.807, 2.05) is 13.8 Å². The highest BCUT2D eigenvalue weighted by molar-refractivity contribution is 7.80. The van der Waals surface area contributed by atoms with Crippen LogP contribution in [-0.4, -0.2) is 29.1 Å². The summed E-state index contributed by atoms with van der Waals surface area (Å²) >= 11 is 11.6. The molecule has 0 unspecified atom stereocenters. The summed E-state index contributed by atoms with van der Waals surface area (Å²) in [6, 6.07) is 9.73. The van der Waals surface area contributed by atoms with Gasteiger partial charge in [0, 0.05) is 12.1 Å². The number of ether oxygens (including phenoxy) is 2. The molecule has 1 aliphatic heterocycles. The third-order valence-corrected chi connectivity index (χ3v) is 4.85. The third kappa shape index (κ3) is 4.68. The highest BCUT2D eigenvalue weighted by Gasteiger charge is 2.29. The number of hydrogen-bond donors (Lipinski definition) is 1. The molecule has 0 aromatic heterocycles. The molecule has 0 atom stereocenters. The van der Waals surface area contributed by atoms with E-state index in [2.05, 4.69) is 5.32 Å². The van der Waals surface area contributed by atoms with E-state index in [0.29, 0.717) is 51.6 Å². The Morgan fingerprint density at radius 1 is 1.24 bits per heavy atom. The van der Waals surface area contributed by atoms with E-state index in [1.54, 1.807) is 36.4 Å². The Bertz CT molecular complexity index is 980. The molecule has 0 aliphatic carbocycles. The fourth-order valence-electron chi connectivity index (χ4n) is 2.87. The maximum absolute atomic E-state index is 13.9. The summed E-state index contributed by atoms with van der Waals surface area (Å²) in [5.41, 5.74) is 1.41. The van der Waals surface area contributed by atoms with Crippen molar-refractivity contribution >= 4 is 40.9 Å². The van der Waals surface area contributed by atoms with Crippen LogP contribution >= 0.6 is 23.8 Å². The first kappa shape index (κ1) is 21.1. The molecular weight excluding hydrogens is 415 g/mol. The van der Waals surface area contributed by atoms with E-state index >= 15 is 0 Å². The van der Waals surface area contributed by atoms with Crippen molar-refractivity contribution in [3.05, 3.63) is 64.1 Å². The van der Waals surface area contributed by atoms with E-state index in [1.165, 1.54) is 11.0 Å². The maximum atomic E-state index is 13.9. The van der Waals surface area contributed by atoms with Crippen LogP contribution in [0.15, 0.2) is 42.1 Å². The molecule has 1 saturated heterocycles. The predicted octanol–water partition coefficient (Wildman–Crippen LogP) is 4.53. The van der Waals surface area contributed by atoms with Crippen molar-refractivity contribution in [2.75, 3.05) is 13.2 Å². The molecule has 5 nitrogen and oxygen atoms in total. The molecule has 29 heavy (non-hydrogen) atoms. The van der Waals surface area contributed by atoms with Crippen molar-refractivity contribution in [2.24, 2.45) is 0 Å². The van der Waals surface area contributed by atoms with Gasteiger partial charge in [-0.25, -0.2) is 4.39 Å². The van der Waals surface area contributed by atoms with Crippen molar-refractivity contribution in [3.8, 4) is 11.5 Å². The van der Waals surface area contributed by atoms with Crippen LogP contribution in [0.3, 0.4) is 0 Å². The minimum Gasteiger partial charge on any atom is -0.490 e. The van der Waals surface area contributed by atoms with Gasteiger partial charge in [-0.3, -0.25) is 9.69 Å². The van der Waals surface area contributed by atoms with E-state index in [0.717, 1.165) is 0 Å². The Morgan fingerprint density at radius 2 is 2.00 bits per heavy atom. The van der Waals surface area contributed by atoms with Gasteiger partial charge in [0.05, 0.1) is 11.6 Å². The van der Waals surface area contributed by atoms with Crippen LogP contribution in [0.25, 0.3) is 6.08 Å². The van der Waals surface area contributed by atoms with Gasteiger partial charge in [-0.05, 0) is 55.9 Å². The number of amides is 1. The van der Waals surface area contributed by atoms with Crippen molar-refractivity contribution in [2.45, 2.75) is 20.5 Å². The number of carbonyl (C=O) groups excluding carboxylic acids is 1. The summed E-state index contributed by atoms with van der Waals surface area (Å²) in [5.74, 6) is 0.163. The van der Waals surface area contributed by atoms with Crippen LogP contribution < -0.4 is 14.8 Å². The maximum Gasteiger partial charge on any atom is 0.276 e. The molecule has 1 aliphatic rings. The van der Waals surface area contributed by atoms with Crippen LogP contribution in [0.1, 0.15) is 25.0 Å². The van der Waals surface area contributed by atoms with Gasteiger partial charge >= 0.3 is 0 Å². The summed E-state index contributed by atoms with van der Waals surface area (Å²) in [5, 5.41) is 3.56. The monoisotopic (exact) mass is 434 g/mol. The summed E-state index contributed by atoms with van der Waals surface area (Å²) in [4.78, 5) is 13.9. The number of rotatable bonds is 7. The van der Waals surface area contributed by atoms with Crippen LogP contribution in [0.4, 0.5) is 4.39 Å². The Morgan fingerprint density at radius 3 is 2.66 bits per heavy atom. The highest BCUT2D eigenvalue weighted by atomic mass is 35.5. The number of carbonyl (C=O) groups is 1. The molecule has 152 valence electrons. The summed E-state index contributed by atoms with van der Waals surface area (Å²) in [6.07, 6.45) is 1.65. The lowest BCUT2D eigenvalue weighted by Crippen LogP contribution is -2.30. The second kappa shape index (κ2) is 9.24. The van der Waals surface area contributed by atoms with Crippen molar-refractivity contribution in [1.29, 1.82) is 0 Å². The molecular formula is C21H20ClFN2O3S. The normalized spacial score (nSPS) is 15.0. The molecule has 3 rings (SSSR count). The number of nitrogens with one attached hydrogen (secondary N) is 1. The van der Waals surface area contributed by atoms with E-state index in [-0.39, 0.29) is 18.3 Å². The van der Waals surface area contributed by atoms with E-state index in [9.17, 15) is 9.18 Å². The molecule has 0 bridgehead atoms. The molecule has 0 spiro atoms. The minimum absolute atomic E-state index is 0.00662. The molecule has 0 radical (unpaired) electrons. The lowest BCUT2D eigenvalue weighted by Gasteiger charge is -2.15. The Hall–Kier alpha value is -2.64. The summed E-state index contributed by atoms with van der Waals surface area (Å²) in [7, 11) is 0. The number of thiocarbonyl (C=S) groups is 1. The van der Waals surface area contributed by atoms with Crippen LogP contribution in [-0.2, 0) is 11.4 Å². The Balaban J connectivity index is 1.89. The number of likely N-dealkylation sites (N-methyl/N-ethyl adjacent to an activating group) is 1. The molecule has 0 saturated carbocycles. The zero-order chi connectivity index (χ0) is 21.0. The van der Waals surface area contributed by atoms with Gasteiger partial charge in [-0.15, -0.1) is 0 Å². The van der Waals surface area contributed by atoms with E-state index < -0.39 is 0 Å². The first-order valence-corrected chi connectivity index (χ1v) is 9.90. The van der Waals surface area contributed by atoms with Crippen molar-refractivity contribution in [3.63, 3.8) is 0 Å². The van der Waals surface area contributed by atoms with Gasteiger partial charge in [0.2, 0.25) is 0 Å². The number of hydrogen-bond acceptors (Lipinski definition) is 4. The summed E-state index contributed by atoms with van der Waals surface area (Å²) in [6.45, 7) is 4.56. The predicted molar refractivity (Wildman–Crippen MR) is 114 cm³/mol. The zero-order valence-corrected chi connectivity index (χ0v) is 17.6. The van der Waals surface area contributed by atoms with Crippen LogP contribution in [0.2, 0.25) is 5.02 Å². The van der Waals surface area contributed by atoms with Gasteiger partial charge in [0.1, 0.15) is 18.1 Å². The molecule has 1 amide bonds. The van der Waals surface area contributed by atoms with Crippen molar-refractivity contribution < 1.29 is 18.7 Å². The summed E-state index contributed by atoms with van der Waals surface area (Å²) < 4.78 is 25.3. The average molecular weight is 435 g/mol. The Labute approximate surface area is 179 Å². The molecule has 2 aromatic rings. The highest BCUT2D eigenvalue weighted by Crippen LogP contribution is 2.38. The van der Waals surface area contributed by atoms with Gasteiger partial charge in [0.15, 0.2) is 16.6 Å². The quantitative estimate of drug-likeness (QED) is 0.512. The van der Waals surface area contributed by atoms with Gasteiger partial charge in [-0.2, -0.15) is 0 Å². The zero-order valence-electron chi connectivity index (χ0n) is 16.0. The van der Waals surface area contributed by atoms with Gasteiger partial charge in [0.25, 0.3) is 5.91 Å². The largest absolute Gasteiger partial charge is 0.490 e. The molecule has 2 aromatic carbocycles. The molecule has 8 heteroatoms. The van der Waals surface area contributed by atoms with Crippen LogP contribution in [0, 0.1) is 5.82 Å². The number of nitrogens with zero attached hydrogens (tertiary/aromatic N) is 1. The SMILES string of the molecule is CCOc1cc(/C=C2/NC(=S)N(CC)C2=O)cc(Cl)c1OCc1ccccc1F. The molecule has 1 fully saturated rings. The van der Waals surface area contributed by atoms with Crippen LogP contribution in [0.5, 0.6) is 11.5 Å². The Kier molecular flexibility index (Phi) is 6.71. The molecule has 1 N–H and O–H groups in total. The third-order valence-electron chi connectivity index (χ3n) is 4.25. The first-order chi connectivity index (χ1) is 13.9. The fraction of sp³-hybridized carbons (Fsp3) is 0.238. The average Bonchev–Trinajstić information content (AvgIpc) is 2.95. The first-order valence-electron chi connectivity index (χ1n) is 9.11. The van der Waals surface area contributed by atoms with E-state index in [4.69, 9.17) is 33.3 Å². The number of halogens is 2. The van der Waals surface area contributed by atoms with Gasteiger partial charge in [-0.1, -0.05) is 29.8 Å². The lowest BCUT2D eigenvalue weighted by atomic mass is 10.1. The lowest BCUT2D eigenvalue weighted by molar-refractivity contribution is -0.122. The second-order valence-electron chi connectivity index (χ2n) is 6.18. The smallest absolute Gasteiger partial charge is 0.276 e. The fourth-order valence-corrected chi connectivity index (χ4v) is 3.46. The van der Waals surface area contributed by atoms with Crippen molar-refractivity contribution in [1.82, 2.24) is 10.2 Å².